The van der Waals surface area contributed by atoms with Gasteiger partial charge in [0.05, 0.1) is 24.1 Å². The predicted octanol–water partition coefficient (Wildman–Crippen LogP) is 3.38. The molecule has 1 fully saturated rings. The predicted molar refractivity (Wildman–Crippen MR) is 66.6 cm³/mol. The first-order valence-electron chi connectivity index (χ1n) is 6.11. The monoisotopic (exact) mass is 278 g/mol. The molecule has 3 unspecified atom stereocenters. The summed E-state index contributed by atoms with van der Waals surface area (Å²) in [5.74, 6) is 0.727. The zero-order chi connectivity index (χ0) is 11.1. The van der Waals surface area contributed by atoms with Gasteiger partial charge in [0.15, 0.2) is 0 Å². The molecule has 0 aromatic carbocycles. The molecule has 0 aromatic rings. The molecule has 3 atom stereocenters. The van der Waals surface area contributed by atoms with Gasteiger partial charge in [0.1, 0.15) is 0 Å². The second-order valence-electron chi connectivity index (χ2n) is 4.34. The Morgan fingerprint density at radius 3 is 2.73 bits per heavy atom. The fourth-order valence-electron chi connectivity index (χ4n) is 1.82. The van der Waals surface area contributed by atoms with Crippen LogP contribution < -0.4 is 0 Å². The van der Waals surface area contributed by atoms with Gasteiger partial charge >= 0.3 is 0 Å². The summed E-state index contributed by atoms with van der Waals surface area (Å²) in [6, 6.07) is 0. The number of hydrogen-bond acceptors (Lipinski definition) is 2. The highest BCUT2D eigenvalue weighted by atomic mass is 79.9. The zero-order valence-corrected chi connectivity index (χ0v) is 11.5. The Morgan fingerprint density at radius 2 is 2.20 bits per heavy atom. The minimum absolute atomic E-state index is 0.265. The van der Waals surface area contributed by atoms with Crippen LogP contribution in [0.1, 0.15) is 39.5 Å². The highest BCUT2D eigenvalue weighted by Crippen LogP contribution is 2.20. The average Bonchev–Trinajstić information content (AvgIpc) is 2.65. The molecule has 0 aromatic heterocycles. The molecule has 0 amide bonds. The summed E-state index contributed by atoms with van der Waals surface area (Å²) in [7, 11) is 0. The van der Waals surface area contributed by atoms with Crippen molar-refractivity contribution in [3.8, 4) is 0 Å². The molecule has 2 nitrogen and oxygen atoms in total. The number of alkyl halides is 1. The van der Waals surface area contributed by atoms with Crippen molar-refractivity contribution < 1.29 is 9.47 Å². The van der Waals surface area contributed by atoms with Gasteiger partial charge in [-0.3, -0.25) is 0 Å². The van der Waals surface area contributed by atoms with Crippen LogP contribution in [-0.2, 0) is 9.47 Å². The topological polar surface area (TPSA) is 18.5 Å². The first kappa shape index (κ1) is 13.5. The molecule has 0 radical (unpaired) electrons. The summed E-state index contributed by atoms with van der Waals surface area (Å²) in [5, 5.41) is 0. The van der Waals surface area contributed by atoms with Crippen LogP contribution in [0.4, 0.5) is 0 Å². The second kappa shape index (κ2) is 7.64. The fourth-order valence-corrected chi connectivity index (χ4v) is 2.31. The maximum absolute atomic E-state index is 5.89. The van der Waals surface area contributed by atoms with E-state index in [1.54, 1.807) is 0 Å². The smallest absolute Gasteiger partial charge is 0.0955 e. The number of halogens is 1. The third-order valence-corrected chi connectivity index (χ3v) is 3.91. The Labute approximate surface area is 102 Å². The minimum Gasteiger partial charge on any atom is -0.377 e. The molecule has 3 heteroatoms. The molecule has 0 N–H and O–H groups in total. The summed E-state index contributed by atoms with van der Waals surface area (Å²) in [6.45, 7) is 6.93. The van der Waals surface area contributed by atoms with E-state index in [0.29, 0.717) is 4.83 Å². The van der Waals surface area contributed by atoms with E-state index in [-0.39, 0.29) is 6.10 Å². The van der Waals surface area contributed by atoms with Crippen LogP contribution in [-0.4, -0.2) is 30.8 Å². The Balaban J connectivity index is 2.15. The maximum atomic E-state index is 5.89. The van der Waals surface area contributed by atoms with Crippen LogP contribution in [0.2, 0.25) is 0 Å². The van der Waals surface area contributed by atoms with E-state index >= 15 is 0 Å². The molecule has 1 rings (SSSR count). The molecule has 0 saturated carbocycles. The molecular formula is C12H23BrO2. The lowest BCUT2D eigenvalue weighted by molar-refractivity contribution is 0.0213. The largest absolute Gasteiger partial charge is 0.377 e. The van der Waals surface area contributed by atoms with Gasteiger partial charge in [-0.05, 0) is 12.3 Å². The summed E-state index contributed by atoms with van der Waals surface area (Å²) >= 11 is 3.58. The van der Waals surface area contributed by atoms with Crippen molar-refractivity contribution in [2.45, 2.75) is 50.5 Å². The van der Waals surface area contributed by atoms with Crippen LogP contribution in [0, 0.1) is 5.92 Å². The highest BCUT2D eigenvalue weighted by molar-refractivity contribution is 9.09. The lowest BCUT2D eigenvalue weighted by atomic mass is 10.0. The van der Waals surface area contributed by atoms with Gasteiger partial charge in [-0.1, -0.05) is 49.0 Å². The number of rotatable bonds is 7. The van der Waals surface area contributed by atoms with Crippen LogP contribution in [0.25, 0.3) is 0 Å². The molecule has 15 heavy (non-hydrogen) atoms. The van der Waals surface area contributed by atoms with Gasteiger partial charge in [-0.2, -0.15) is 0 Å². The van der Waals surface area contributed by atoms with E-state index in [1.807, 2.05) is 0 Å². The van der Waals surface area contributed by atoms with Crippen molar-refractivity contribution in [3.63, 3.8) is 0 Å². The minimum atomic E-state index is 0.265. The van der Waals surface area contributed by atoms with Crippen LogP contribution in [0.5, 0.6) is 0 Å². The van der Waals surface area contributed by atoms with Crippen molar-refractivity contribution >= 4 is 15.9 Å². The Kier molecular flexibility index (Phi) is 6.86. The SMILES string of the molecule is CCCCC(CC)COC1COCC1Br. The number of ether oxygens (including phenoxy) is 2. The summed E-state index contributed by atoms with van der Waals surface area (Å²) in [6.07, 6.45) is 5.39. The highest BCUT2D eigenvalue weighted by Gasteiger charge is 2.27. The normalized spacial score (nSPS) is 28.2. The van der Waals surface area contributed by atoms with Gasteiger partial charge in [-0.15, -0.1) is 0 Å². The second-order valence-corrected chi connectivity index (χ2v) is 5.52. The molecule has 1 aliphatic rings. The maximum Gasteiger partial charge on any atom is 0.0955 e. The lowest BCUT2D eigenvalue weighted by Gasteiger charge is -2.19. The van der Waals surface area contributed by atoms with Crippen molar-refractivity contribution in [2.75, 3.05) is 19.8 Å². The van der Waals surface area contributed by atoms with Gasteiger partial charge in [0.2, 0.25) is 0 Å². The van der Waals surface area contributed by atoms with E-state index in [9.17, 15) is 0 Å². The lowest BCUT2D eigenvalue weighted by Crippen LogP contribution is -2.25. The van der Waals surface area contributed by atoms with Gasteiger partial charge < -0.3 is 9.47 Å². The Hall–Kier alpha value is 0.400. The average molecular weight is 279 g/mol. The van der Waals surface area contributed by atoms with Crippen molar-refractivity contribution in [2.24, 2.45) is 5.92 Å². The van der Waals surface area contributed by atoms with Crippen molar-refractivity contribution in [1.82, 2.24) is 0 Å². The van der Waals surface area contributed by atoms with Crippen molar-refractivity contribution in [3.05, 3.63) is 0 Å². The molecule has 0 spiro atoms. The molecular weight excluding hydrogens is 256 g/mol. The first-order chi connectivity index (χ1) is 7.27. The Bertz CT molecular complexity index is 164. The first-order valence-corrected chi connectivity index (χ1v) is 7.02. The van der Waals surface area contributed by atoms with E-state index < -0.39 is 0 Å². The van der Waals surface area contributed by atoms with Crippen molar-refractivity contribution in [1.29, 1.82) is 0 Å². The molecule has 1 heterocycles. The summed E-state index contributed by atoms with van der Waals surface area (Å²) in [5.41, 5.74) is 0. The molecule has 0 bridgehead atoms. The van der Waals surface area contributed by atoms with E-state index in [1.165, 1.54) is 25.7 Å². The fraction of sp³-hybridized carbons (Fsp3) is 1.00. The van der Waals surface area contributed by atoms with Gasteiger partial charge in [0, 0.05) is 6.61 Å². The third kappa shape index (κ3) is 4.83. The molecule has 90 valence electrons. The zero-order valence-electron chi connectivity index (χ0n) is 9.88. The number of hydrogen-bond donors (Lipinski definition) is 0. The van der Waals surface area contributed by atoms with Crippen LogP contribution in [0.15, 0.2) is 0 Å². The van der Waals surface area contributed by atoms with E-state index in [2.05, 4.69) is 29.8 Å². The quantitative estimate of drug-likeness (QED) is 0.665. The molecule has 1 saturated heterocycles. The summed E-state index contributed by atoms with van der Waals surface area (Å²) < 4.78 is 11.2. The van der Waals surface area contributed by atoms with Crippen LogP contribution >= 0.6 is 15.9 Å². The van der Waals surface area contributed by atoms with Gasteiger partial charge in [-0.25, -0.2) is 0 Å². The molecule has 1 aliphatic heterocycles. The van der Waals surface area contributed by atoms with Gasteiger partial charge in [0.25, 0.3) is 0 Å². The standard InChI is InChI=1S/C12H23BrO2/c1-3-5-6-10(4-2)7-15-12-9-14-8-11(12)13/h10-12H,3-9H2,1-2H3. The third-order valence-electron chi connectivity index (χ3n) is 3.05. The number of unbranched alkanes of at least 4 members (excludes halogenated alkanes) is 1. The molecule has 0 aliphatic carbocycles. The Morgan fingerprint density at radius 1 is 1.40 bits per heavy atom. The van der Waals surface area contributed by atoms with E-state index in [0.717, 1.165) is 25.7 Å². The summed E-state index contributed by atoms with van der Waals surface area (Å²) in [4.78, 5) is 0.390. The van der Waals surface area contributed by atoms with Crippen LogP contribution in [0.3, 0.4) is 0 Å². The van der Waals surface area contributed by atoms with E-state index in [4.69, 9.17) is 9.47 Å².